The zero-order valence-corrected chi connectivity index (χ0v) is 19.8. The maximum absolute atomic E-state index is 6.74. The Morgan fingerprint density at radius 2 is 1.54 bits per heavy atom. The summed E-state index contributed by atoms with van der Waals surface area (Å²) in [6.45, 7) is 8.74. The summed E-state index contributed by atoms with van der Waals surface area (Å²) < 4.78 is 0. The summed E-state index contributed by atoms with van der Waals surface area (Å²) in [5.74, 6) is 0.722. The molecule has 0 unspecified atom stereocenters. The van der Waals surface area contributed by atoms with E-state index in [0.717, 1.165) is 61.5 Å². The van der Waals surface area contributed by atoms with Crippen LogP contribution in [0.5, 0.6) is 0 Å². The van der Waals surface area contributed by atoms with Crippen molar-refractivity contribution >= 4 is 39.4 Å². The molecule has 1 aromatic heterocycles. The van der Waals surface area contributed by atoms with E-state index in [2.05, 4.69) is 72.0 Å². The minimum atomic E-state index is 0.711. The fourth-order valence-electron chi connectivity index (χ4n) is 4.79. The molecule has 0 saturated carbocycles. The molecule has 4 aromatic carbocycles. The molecule has 0 atom stereocenters. The summed E-state index contributed by atoms with van der Waals surface area (Å²) in [6, 6.07) is 30.9. The van der Waals surface area contributed by atoms with Crippen LogP contribution in [0.3, 0.4) is 0 Å². The van der Waals surface area contributed by atoms with Crippen molar-refractivity contribution in [3.8, 4) is 22.3 Å². The van der Waals surface area contributed by atoms with Crippen molar-refractivity contribution < 1.29 is 0 Å². The van der Waals surface area contributed by atoms with E-state index >= 15 is 0 Å². The summed E-state index contributed by atoms with van der Waals surface area (Å²) >= 11 is 6.74. The molecule has 4 heteroatoms. The fourth-order valence-corrected chi connectivity index (χ4v) is 5.08. The van der Waals surface area contributed by atoms with Crippen LogP contribution in [0.15, 0.2) is 122 Å². The molecular formula is C31H22ClN3. The van der Waals surface area contributed by atoms with Gasteiger partial charge in [-0.25, -0.2) is 0 Å². The van der Waals surface area contributed by atoms with E-state index in [0.29, 0.717) is 5.02 Å². The van der Waals surface area contributed by atoms with Crippen LogP contribution in [0.1, 0.15) is 5.56 Å². The first-order chi connectivity index (χ1) is 17.1. The van der Waals surface area contributed by atoms with Crippen LogP contribution >= 0.6 is 11.6 Å². The second kappa shape index (κ2) is 8.46. The average molecular weight is 472 g/mol. The molecule has 1 aliphatic rings. The van der Waals surface area contributed by atoms with Gasteiger partial charge in [0.2, 0.25) is 0 Å². The molecule has 0 radical (unpaired) electrons. The fraction of sp³-hybridized carbons (Fsp3) is 0. The van der Waals surface area contributed by atoms with E-state index < -0.39 is 0 Å². The Morgan fingerprint density at radius 1 is 0.743 bits per heavy atom. The van der Waals surface area contributed by atoms with Gasteiger partial charge in [-0.1, -0.05) is 104 Å². The van der Waals surface area contributed by atoms with E-state index in [1.165, 1.54) is 0 Å². The lowest BCUT2D eigenvalue weighted by atomic mass is 9.92. The predicted molar refractivity (Wildman–Crippen MR) is 148 cm³/mol. The third-order valence-electron chi connectivity index (χ3n) is 6.42. The zero-order valence-electron chi connectivity index (χ0n) is 19.0. The summed E-state index contributed by atoms with van der Waals surface area (Å²) in [5, 5.41) is 6.36. The molecule has 5 aromatic rings. The number of benzene rings is 4. The van der Waals surface area contributed by atoms with E-state index in [1.807, 2.05) is 59.8 Å². The van der Waals surface area contributed by atoms with Gasteiger partial charge < -0.3 is 5.32 Å². The lowest BCUT2D eigenvalue weighted by molar-refractivity contribution is 1.14. The molecule has 1 aliphatic heterocycles. The first-order valence-corrected chi connectivity index (χ1v) is 11.8. The van der Waals surface area contributed by atoms with Crippen LogP contribution in [0.25, 0.3) is 38.7 Å². The molecular weight excluding hydrogens is 450 g/mol. The summed E-state index contributed by atoms with van der Waals surface area (Å²) in [5.41, 5.74) is 7.98. The highest BCUT2D eigenvalue weighted by atomic mass is 35.5. The zero-order chi connectivity index (χ0) is 23.9. The predicted octanol–water partition coefficient (Wildman–Crippen LogP) is 8.60. The van der Waals surface area contributed by atoms with Crippen LogP contribution in [-0.4, -0.2) is 4.98 Å². The van der Waals surface area contributed by atoms with Crippen molar-refractivity contribution in [1.82, 2.24) is 4.98 Å². The highest BCUT2D eigenvalue weighted by Crippen LogP contribution is 2.44. The highest BCUT2D eigenvalue weighted by molar-refractivity contribution is 6.34. The number of aromatic nitrogens is 1. The lowest BCUT2D eigenvalue weighted by Gasteiger charge is -2.35. The molecule has 35 heavy (non-hydrogen) atoms. The molecule has 0 saturated heterocycles. The van der Waals surface area contributed by atoms with Gasteiger partial charge in [0.05, 0.1) is 11.9 Å². The number of fused-ring (bicyclic) bond motifs is 2. The van der Waals surface area contributed by atoms with Gasteiger partial charge in [0.1, 0.15) is 5.82 Å². The number of nitrogens with zero attached hydrogens (tertiary/aromatic N) is 2. The van der Waals surface area contributed by atoms with Gasteiger partial charge in [-0.05, 0) is 28.8 Å². The Bertz CT molecular complexity index is 1620. The van der Waals surface area contributed by atoms with Crippen LogP contribution < -0.4 is 10.2 Å². The monoisotopic (exact) mass is 471 g/mol. The van der Waals surface area contributed by atoms with Crippen LogP contribution in [0.4, 0.5) is 11.4 Å². The van der Waals surface area contributed by atoms with Crippen molar-refractivity contribution in [2.75, 3.05) is 10.2 Å². The standard InChI is InChI=1S/C31H22ClN3/c1-20-25-16-15-23(31-27(13-8-14-28(31)32)22-9-4-3-5-10-22)17-29(25)34-21(2)35(20)30-19-33-18-24-11-6-7-12-26(24)30/h3-19,34H,1-2H2. The first kappa shape index (κ1) is 21.2. The van der Waals surface area contributed by atoms with Crippen molar-refractivity contribution in [2.24, 2.45) is 0 Å². The lowest BCUT2D eigenvalue weighted by Crippen LogP contribution is -2.29. The van der Waals surface area contributed by atoms with Gasteiger partial charge in [-0.15, -0.1) is 0 Å². The van der Waals surface area contributed by atoms with Crippen molar-refractivity contribution in [3.05, 3.63) is 133 Å². The van der Waals surface area contributed by atoms with Crippen LogP contribution in [0.2, 0.25) is 5.02 Å². The van der Waals surface area contributed by atoms with Gasteiger partial charge in [-0.3, -0.25) is 9.88 Å². The first-order valence-electron chi connectivity index (χ1n) is 11.4. The van der Waals surface area contributed by atoms with Crippen molar-refractivity contribution in [2.45, 2.75) is 0 Å². The van der Waals surface area contributed by atoms with Crippen molar-refractivity contribution in [1.29, 1.82) is 0 Å². The molecule has 0 amide bonds. The smallest absolute Gasteiger partial charge is 0.108 e. The van der Waals surface area contributed by atoms with Gasteiger partial charge in [0, 0.05) is 44.5 Å². The Kier molecular flexibility index (Phi) is 5.13. The van der Waals surface area contributed by atoms with Gasteiger partial charge in [0.15, 0.2) is 0 Å². The molecule has 0 fully saturated rings. The summed E-state index contributed by atoms with van der Waals surface area (Å²) in [7, 11) is 0. The molecule has 0 bridgehead atoms. The SMILES string of the molecule is C=C1Nc2cc(-c3c(Cl)cccc3-c3ccccc3)ccc2C(=C)N1c1cncc2ccccc12. The van der Waals surface area contributed by atoms with Gasteiger partial charge in [0.25, 0.3) is 0 Å². The molecule has 6 rings (SSSR count). The number of rotatable bonds is 3. The van der Waals surface area contributed by atoms with Crippen molar-refractivity contribution in [3.63, 3.8) is 0 Å². The minimum absolute atomic E-state index is 0.711. The Hall–Kier alpha value is -4.34. The molecule has 0 aliphatic carbocycles. The number of halogens is 1. The Labute approximate surface area is 209 Å². The van der Waals surface area contributed by atoms with Crippen LogP contribution in [-0.2, 0) is 0 Å². The normalized spacial score (nSPS) is 13.0. The van der Waals surface area contributed by atoms with Gasteiger partial charge in [-0.2, -0.15) is 0 Å². The van der Waals surface area contributed by atoms with E-state index in [9.17, 15) is 0 Å². The third-order valence-corrected chi connectivity index (χ3v) is 6.74. The largest absolute Gasteiger partial charge is 0.341 e. The van der Waals surface area contributed by atoms with Crippen LogP contribution in [0, 0.1) is 0 Å². The van der Waals surface area contributed by atoms with E-state index in [1.54, 1.807) is 0 Å². The summed E-state index contributed by atoms with van der Waals surface area (Å²) in [4.78, 5) is 6.48. The Balaban J connectivity index is 1.45. The second-order valence-electron chi connectivity index (χ2n) is 8.52. The molecule has 2 heterocycles. The van der Waals surface area contributed by atoms with E-state index in [-0.39, 0.29) is 0 Å². The third kappa shape index (κ3) is 3.58. The maximum atomic E-state index is 6.74. The average Bonchev–Trinajstić information content (AvgIpc) is 2.89. The number of nitrogens with one attached hydrogen (secondary N) is 1. The Morgan fingerprint density at radius 3 is 2.40 bits per heavy atom. The number of anilines is 2. The second-order valence-corrected chi connectivity index (χ2v) is 8.93. The number of hydrogen-bond acceptors (Lipinski definition) is 3. The molecule has 0 spiro atoms. The molecule has 1 N–H and O–H groups in total. The number of pyridine rings is 1. The molecule has 3 nitrogen and oxygen atoms in total. The number of hydrogen-bond donors (Lipinski definition) is 1. The molecule has 168 valence electrons. The minimum Gasteiger partial charge on any atom is -0.341 e. The topological polar surface area (TPSA) is 28.2 Å². The maximum Gasteiger partial charge on any atom is 0.108 e. The summed E-state index contributed by atoms with van der Waals surface area (Å²) in [6.07, 6.45) is 3.73. The van der Waals surface area contributed by atoms with E-state index in [4.69, 9.17) is 11.6 Å². The van der Waals surface area contributed by atoms with Gasteiger partial charge >= 0.3 is 0 Å². The quantitative estimate of drug-likeness (QED) is 0.285. The highest BCUT2D eigenvalue weighted by Gasteiger charge is 2.26.